The number of anilines is 1. The second kappa shape index (κ2) is 8.91. The molecule has 2 amide bonds. The van der Waals surface area contributed by atoms with Gasteiger partial charge in [-0.25, -0.2) is 4.79 Å². The lowest BCUT2D eigenvalue weighted by molar-refractivity contribution is 0.236. The lowest BCUT2D eigenvalue weighted by atomic mass is 10.1. The molecule has 21 heavy (non-hydrogen) atoms. The van der Waals surface area contributed by atoms with E-state index in [1.165, 1.54) is 0 Å². The van der Waals surface area contributed by atoms with Crippen molar-refractivity contribution in [2.45, 2.75) is 39.8 Å². The van der Waals surface area contributed by atoms with Crippen LogP contribution in [-0.2, 0) is 6.54 Å². The molecule has 0 aliphatic carbocycles. The molecule has 0 fully saturated rings. The molecule has 0 bridgehead atoms. The van der Waals surface area contributed by atoms with Crippen LogP contribution in [0.3, 0.4) is 0 Å². The third kappa shape index (κ3) is 6.22. The van der Waals surface area contributed by atoms with E-state index in [1.54, 1.807) is 0 Å². The molecule has 1 aromatic carbocycles. The first-order chi connectivity index (χ1) is 10.1. The van der Waals surface area contributed by atoms with Gasteiger partial charge in [0.05, 0.1) is 6.04 Å². The van der Waals surface area contributed by atoms with Crippen LogP contribution in [-0.4, -0.2) is 18.6 Å². The Kier molecular flexibility index (Phi) is 7.17. The molecule has 0 unspecified atom stereocenters. The highest BCUT2D eigenvalue weighted by molar-refractivity contribution is 5.74. The summed E-state index contributed by atoms with van der Waals surface area (Å²) in [5, 5.41) is 8.90. The SMILES string of the molecule is C#C[C@@H](NC(=O)NCc1ccc(NCCC)cc1)C(C)C. The zero-order valence-corrected chi connectivity index (χ0v) is 13.1. The van der Waals surface area contributed by atoms with Gasteiger partial charge in [0.15, 0.2) is 0 Å². The summed E-state index contributed by atoms with van der Waals surface area (Å²) >= 11 is 0. The van der Waals surface area contributed by atoms with Crippen molar-refractivity contribution in [3.63, 3.8) is 0 Å². The van der Waals surface area contributed by atoms with Gasteiger partial charge in [-0.2, -0.15) is 0 Å². The standard InChI is InChI=1S/C17H25N3O/c1-5-11-18-15-9-7-14(8-10-15)12-19-17(21)20-16(6-2)13(3)4/h2,7-10,13,16,18H,5,11-12H2,1,3-4H3,(H2,19,20,21)/t16-/m1/s1. The molecule has 114 valence electrons. The molecule has 0 radical (unpaired) electrons. The topological polar surface area (TPSA) is 53.2 Å². The molecule has 4 heteroatoms. The van der Waals surface area contributed by atoms with E-state index in [2.05, 4.69) is 28.8 Å². The zero-order chi connectivity index (χ0) is 15.7. The Labute approximate surface area is 127 Å². The van der Waals surface area contributed by atoms with Crippen molar-refractivity contribution >= 4 is 11.7 Å². The fourth-order valence-electron chi connectivity index (χ4n) is 1.79. The normalized spacial score (nSPS) is 11.6. The average molecular weight is 287 g/mol. The monoisotopic (exact) mass is 287 g/mol. The van der Waals surface area contributed by atoms with E-state index in [0.717, 1.165) is 24.2 Å². The van der Waals surface area contributed by atoms with Crippen LogP contribution in [0, 0.1) is 18.3 Å². The van der Waals surface area contributed by atoms with Crippen LogP contribution in [0.2, 0.25) is 0 Å². The van der Waals surface area contributed by atoms with Crippen LogP contribution in [0.15, 0.2) is 24.3 Å². The first kappa shape index (κ1) is 16.9. The molecule has 0 heterocycles. The van der Waals surface area contributed by atoms with Crippen molar-refractivity contribution in [3.8, 4) is 12.3 Å². The maximum Gasteiger partial charge on any atom is 0.316 e. The predicted molar refractivity (Wildman–Crippen MR) is 88.1 cm³/mol. The van der Waals surface area contributed by atoms with Gasteiger partial charge in [0.2, 0.25) is 0 Å². The second-order valence-corrected chi connectivity index (χ2v) is 5.34. The number of carbonyl (C=O) groups is 1. The average Bonchev–Trinajstić information content (AvgIpc) is 2.49. The highest BCUT2D eigenvalue weighted by atomic mass is 16.2. The lowest BCUT2D eigenvalue weighted by Gasteiger charge is -2.17. The molecule has 0 saturated carbocycles. The number of nitrogens with one attached hydrogen (secondary N) is 3. The molecule has 4 nitrogen and oxygen atoms in total. The van der Waals surface area contributed by atoms with E-state index < -0.39 is 0 Å². The van der Waals surface area contributed by atoms with Crippen molar-refractivity contribution in [3.05, 3.63) is 29.8 Å². The maximum atomic E-state index is 11.8. The van der Waals surface area contributed by atoms with E-state index in [9.17, 15) is 4.79 Å². The van der Waals surface area contributed by atoms with Crippen LogP contribution < -0.4 is 16.0 Å². The smallest absolute Gasteiger partial charge is 0.316 e. The van der Waals surface area contributed by atoms with Crippen LogP contribution in [0.4, 0.5) is 10.5 Å². The van der Waals surface area contributed by atoms with Crippen molar-refractivity contribution in [2.75, 3.05) is 11.9 Å². The molecule has 0 spiro atoms. The molecule has 3 N–H and O–H groups in total. The van der Waals surface area contributed by atoms with E-state index in [4.69, 9.17) is 6.42 Å². The number of amides is 2. The minimum Gasteiger partial charge on any atom is -0.385 e. The zero-order valence-electron chi connectivity index (χ0n) is 13.1. The molecule has 0 aromatic heterocycles. The van der Waals surface area contributed by atoms with Crippen LogP contribution in [0.5, 0.6) is 0 Å². The summed E-state index contributed by atoms with van der Waals surface area (Å²) in [6.07, 6.45) is 6.48. The molecule has 0 aliphatic rings. The van der Waals surface area contributed by atoms with Crippen LogP contribution in [0.25, 0.3) is 0 Å². The van der Waals surface area contributed by atoms with Crippen molar-refractivity contribution < 1.29 is 4.79 Å². The summed E-state index contributed by atoms with van der Waals surface area (Å²) in [4.78, 5) is 11.8. The predicted octanol–water partition coefficient (Wildman–Crippen LogP) is 2.97. The van der Waals surface area contributed by atoms with Crippen molar-refractivity contribution in [2.24, 2.45) is 5.92 Å². The quantitative estimate of drug-likeness (QED) is 0.675. The largest absolute Gasteiger partial charge is 0.385 e. The van der Waals surface area contributed by atoms with Crippen molar-refractivity contribution in [1.82, 2.24) is 10.6 Å². The molecule has 0 aliphatic heterocycles. The Morgan fingerprint density at radius 2 is 1.95 bits per heavy atom. The first-order valence-electron chi connectivity index (χ1n) is 7.40. The van der Waals surface area contributed by atoms with Gasteiger partial charge in [-0.3, -0.25) is 0 Å². The molecule has 1 atom stereocenters. The van der Waals surface area contributed by atoms with E-state index in [-0.39, 0.29) is 18.0 Å². The minimum atomic E-state index is -0.245. The Bertz CT molecular complexity index is 474. The molecular weight excluding hydrogens is 262 g/mol. The number of hydrogen-bond donors (Lipinski definition) is 3. The fourth-order valence-corrected chi connectivity index (χ4v) is 1.79. The number of benzene rings is 1. The van der Waals surface area contributed by atoms with Crippen LogP contribution in [0.1, 0.15) is 32.8 Å². The van der Waals surface area contributed by atoms with E-state index >= 15 is 0 Å². The highest BCUT2D eigenvalue weighted by Crippen LogP contribution is 2.09. The number of carbonyl (C=O) groups excluding carboxylic acids is 1. The molecular formula is C17H25N3O. The van der Waals surface area contributed by atoms with E-state index in [1.807, 2.05) is 38.1 Å². The summed E-state index contributed by atoms with van der Waals surface area (Å²) in [7, 11) is 0. The van der Waals surface area contributed by atoms with E-state index in [0.29, 0.717) is 6.54 Å². The summed E-state index contributed by atoms with van der Waals surface area (Å²) in [6.45, 7) is 7.53. The van der Waals surface area contributed by atoms with Crippen molar-refractivity contribution in [1.29, 1.82) is 0 Å². The summed E-state index contributed by atoms with van der Waals surface area (Å²) < 4.78 is 0. The summed E-state index contributed by atoms with van der Waals surface area (Å²) in [6, 6.07) is 7.55. The molecule has 1 rings (SSSR count). The second-order valence-electron chi connectivity index (χ2n) is 5.34. The lowest BCUT2D eigenvalue weighted by Crippen LogP contribution is -2.43. The van der Waals surface area contributed by atoms with Gasteiger partial charge in [0, 0.05) is 18.8 Å². The number of urea groups is 1. The van der Waals surface area contributed by atoms with Gasteiger partial charge in [-0.1, -0.05) is 38.8 Å². The third-order valence-corrected chi connectivity index (χ3v) is 3.12. The Hall–Kier alpha value is -2.15. The van der Waals surface area contributed by atoms with Gasteiger partial charge in [-0.15, -0.1) is 6.42 Å². The van der Waals surface area contributed by atoms with Gasteiger partial charge in [0.1, 0.15) is 0 Å². The molecule has 1 aromatic rings. The van der Waals surface area contributed by atoms with Gasteiger partial charge >= 0.3 is 6.03 Å². The van der Waals surface area contributed by atoms with Crippen LogP contribution >= 0.6 is 0 Å². The Morgan fingerprint density at radius 3 is 2.48 bits per heavy atom. The summed E-state index contributed by atoms with van der Waals surface area (Å²) in [5.41, 5.74) is 2.14. The highest BCUT2D eigenvalue weighted by Gasteiger charge is 2.12. The Morgan fingerprint density at radius 1 is 1.29 bits per heavy atom. The van der Waals surface area contributed by atoms with Gasteiger partial charge in [-0.05, 0) is 30.0 Å². The maximum absolute atomic E-state index is 11.8. The minimum absolute atomic E-state index is 0.213. The number of hydrogen-bond acceptors (Lipinski definition) is 2. The number of rotatable bonds is 7. The third-order valence-electron chi connectivity index (χ3n) is 3.12. The fraction of sp³-hybridized carbons (Fsp3) is 0.471. The Balaban J connectivity index is 2.41. The molecule has 0 saturated heterocycles. The van der Waals surface area contributed by atoms with Gasteiger partial charge < -0.3 is 16.0 Å². The summed E-state index contributed by atoms with van der Waals surface area (Å²) in [5.74, 6) is 2.79. The number of terminal acetylenes is 1. The van der Waals surface area contributed by atoms with Gasteiger partial charge in [0.25, 0.3) is 0 Å². The first-order valence-corrected chi connectivity index (χ1v) is 7.40.